The van der Waals surface area contributed by atoms with Crippen molar-refractivity contribution in [3.8, 4) is 17.3 Å². The van der Waals surface area contributed by atoms with Crippen LogP contribution >= 0.6 is 0 Å². The number of alkyl halides is 3. The molecule has 16 nitrogen and oxygen atoms in total. The number of benzene rings is 1. The number of amides is 4. The van der Waals surface area contributed by atoms with Gasteiger partial charge in [-0.15, -0.1) is 0 Å². The van der Waals surface area contributed by atoms with Gasteiger partial charge in [0.1, 0.15) is 46.6 Å². The van der Waals surface area contributed by atoms with Crippen LogP contribution in [0.2, 0.25) is 0 Å². The highest BCUT2D eigenvalue weighted by molar-refractivity contribution is 7.91. The van der Waals surface area contributed by atoms with Gasteiger partial charge in [-0.3, -0.25) is 19.1 Å². The highest BCUT2D eigenvalue weighted by Gasteiger charge is 2.63. The highest BCUT2D eigenvalue weighted by atomic mass is 32.2. The van der Waals surface area contributed by atoms with Gasteiger partial charge >= 0.3 is 12.3 Å². The van der Waals surface area contributed by atoms with E-state index < -0.39 is 80.1 Å². The Morgan fingerprint density at radius 3 is 2.46 bits per heavy atom. The summed E-state index contributed by atoms with van der Waals surface area (Å²) in [6.07, 6.45) is 3.90. The Hall–Kier alpha value is -5.79. The number of ether oxygens (including phenoxy) is 2. The Kier molecular flexibility index (Phi) is 11.5. The maximum atomic E-state index is 14.8. The number of hydrogen-bond acceptors (Lipinski definition) is 12. The molecule has 1 saturated heterocycles. The number of nitrogens with one attached hydrogen (secondary N) is 3. The number of aromatic nitrogens is 3. The summed E-state index contributed by atoms with van der Waals surface area (Å²) in [6.45, 7) is 2.75. The number of nitrogens with zero attached hydrogens (tertiary/aromatic N) is 4. The van der Waals surface area contributed by atoms with Crippen LogP contribution in [0.15, 0.2) is 53.0 Å². The zero-order valence-electron chi connectivity index (χ0n) is 35.9. The molecule has 4 fully saturated rings. The van der Waals surface area contributed by atoms with E-state index in [-0.39, 0.29) is 60.5 Å². The summed E-state index contributed by atoms with van der Waals surface area (Å²) < 4.78 is 87.0. The number of pyridine rings is 1. The fraction of sp³-hybridized carbons (Fsp3) is 0.533. The fourth-order valence-corrected chi connectivity index (χ4v) is 10.5. The number of alkyl carbamates (subject to hydrolysis) is 1. The summed E-state index contributed by atoms with van der Waals surface area (Å²) in [7, 11) is -4.08. The Labute approximate surface area is 372 Å². The molecular formula is C45H50F3N7O9S. The molecule has 9 rings (SSSR count). The lowest BCUT2D eigenvalue weighted by Crippen LogP contribution is -2.58. The molecule has 346 valence electrons. The van der Waals surface area contributed by atoms with Crippen molar-refractivity contribution in [3.63, 3.8) is 0 Å². The average Bonchev–Trinajstić information content (AvgIpc) is 3.92. The molecule has 0 bridgehead atoms. The van der Waals surface area contributed by atoms with E-state index in [1.54, 1.807) is 31.2 Å². The van der Waals surface area contributed by atoms with Crippen molar-refractivity contribution in [3.05, 3.63) is 59.9 Å². The molecule has 2 aliphatic heterocycles. The normalized spacial score (nSPS) is 26.6. The lowest BCUT2D eigenvalue weighted by atomic mass is 10.0. The molecule has 0 radical (unpaired) electrons. The Bertz CT molecular complexity index is 2700. The van der Waals surface area contributed by atoms with Crippen LogP contribution in [0.5, 0.6) is 5.88 Å². The standard InChI is InChI=1S/C45H50F3N7O9S/c1-25-29(18-19-34(49-25)45(46,47)48)37-51-35-30-15-10-11-17-33(30)64-36(35)39(52-37)62-28-22-32-38(56)53-44(41(58)54-65(60,61)43(2)20-21-43)23-26(44)12-6-4-3-5-7-16-31(40(57)55(32)24-28)50-42(59)63-27-13-8-9-14-27/h6,10-12,15,17-19,26-28,31-32H,3-5,7-9,13-14,16,20-24H2,1-2H3,(H,50,59)(H,53,56)(H,54,58)/b12-6-/t26-,28-,31+,32+,44-/m1/s1. The molecule has 3 saturated carbocycles. The van der Waals surface area contributed by atoms with Gasteiger partial charge in [-0.05, 0) is 102 Å². The van der Waals surface area contributed by atoms with Crippen LogP contribution < -0.4 is 20.1 Å². The first-order valence-electron chi connectivity index (χ1n) is 22.2. The summed E-state index contributed by atoms with van der Waals surface area (Å²) in [5.74, 6) is -2.86. The molecule has 5 atom stereocenters. The summed E-state index contributed by atoms with van der Waals surface area (Å²) in [5, 5.41) is 6.19. The van der Waals surface area contributed by atoms with E-state index in [1.165, 1.54) is 17.9 Å². The number of furan rings is 1. The predicted molar refractivity (Wildman–Crippen MR) is 228 cm³/mol. The van der Waals surface area contributed by atoms with Crippen LogP contribution in [-0.2, 0) is 35.3 Å². The topological polar surface area (TPSA) is 212 Å². The van der Waals surface area contributed by atoms with Crippen LogP contribution in [0, 0.1) is 12.8 Å². The second-order valence-electron chi connectivity index (χ2n) is 18.2. The maximum absolute atomic E-state index is 14.8. The second kappa shape index (κ2) is 16.9. The quantitative estimate of drug-likeness (QED) is 0.161. The van der Waals surface area contributed by atoms with Crippen molar-refractivity contribution in [2.45, 2.75) is 138 Å². The maximum Gasteiger partial charge on any atom is 0.433 e. The zero-order valence-corrected chi connectivity index (χ0v) is 36.7. The van der Waals surface area contributed by atoms with Gasteiger partial charge in [0.15, 0.2) is 5.82 Å². The molecule has 4 amide bonds. The van der Waals surface area contributed by atoms with Gasteiger partial charge in [-0.2, -0.15) is 18.2 Å². The largest absolute Gasteiger partial charge is 0.470 e. The molecule has 0 spiro atoms. The Morgan fingerprint density at radius 1 is 0.969 bits per heavy atom. The monoisotopic (exact) mass is 921 g/mol. The number of halogens is 3. The van der Waals surface area contributed by atoms with E-state index in [0.29, 0.717) is 61.4 Å². The second-order valence-corrected chi connectivity index (χ2v) is 20.4. The Morgan fingerprint density at radius 2 is 1.72 bits per heavy atom. The van der Waals surface area contributed by atoms with Gasteiger partial charge in [0.05, 0.1) is 11.3 Å². The van der Waals surface area contributed by atoms with E-state index >= 15 is 0 Å². The molecule has 3 aliphatic carbocycles. The van der Waals surface area contributed by atoms with E-state index in [1.807, 2.05) is 12.2 Å². The number of rotatable bonds is 8. The summed E-state index contributed by atoms with van der Waals surface area (Å²) in [6, 6.07) is 6.64. The molecule has 3 aromatic heterocycles. The first-order valence-corrected chi connectivity index (χ1v) is 23.7. The molecule has 5 aliphatic rings. The number of sulfonamides is 1. The fourth-order valence-electron chi connectivity index (χ4n) is 9.16. The van der Waals surface area contributed by atoms with Gasteiger partial charge in [0.2, 0.25) is 27.4 Å². The first-order chi connectivity index (χ1) is 30.9. The molecule has 4 aromatic rings. The molecule has 5 heterocycles. The molecule has 65 heavy (non-hydrogen) atoms. The first kappa shape index (κ1) is 44.4. The van der Waals surface area contributed by atoms with Gasteiger partial charge in [0, 0.05) is 29.0 Å². The number of para-hydroxylation sites is 1. The number of carbonyl (C=O) groups is 4. The SMILES string of the molecule is Cc1nc(C(F)(F)F)ccc1-c1nc(O[C@@H]2C[C@H]3C(=O)N[C@]4(C(=O)NS(=O)(=O)C5(C)CC5)C[C@H]4/C=C\CCCCC[C@H](NC(=O)OC4CCCC4)C(=O)N3C2)c2oc3ccccc3c2n1. The van der Waals surface area contributed by atoms with Crippen molar-refractivity contribution in [2.75, 3.05) is 6.54 Å². The number of carbonyl (C=O) groups excluding carboxylic acids is 4. The number of allylic oxidation sites excluding steroid dienone is 1. The van der Waals surface area contributed by atoms with E-state index in [4.69, 9.17) is 13.9 Å². The van der Waals surface area contributed by atoms with Crippen molar-refractivity contribution in [2.24, 2.45) is 5.92 Å². The van der Waals surface area contributed by atoms with Crippen LogP contribution in [-0.4, -0.2) is 93.2 Å². The minimum atomic E-state index is -4.69. The van der Waals surface area contributed by atoms with Crippen molar-refractivity contribution < 1.29 is 54.7 Å². The molecule has 3 N–H and O–H groups in total. The van der Waals surface area contributed by atoms with Crippen molar-refractivity contribution in [1.29, 1.82) is 0 Å². The summed E-state index contributed by atoms with van der Waals surface area (Å²) >= 11 is 0. The number of fused-ring (bicyclic) bond motifs is 5. The zero-order chi connectivity index (χ0) is 45.9. The van der Waals surface area contributed by atoms with Crippen LogP contribution in [0.1, 0.15) is 102 Å². The molecule has 20 heteroatoms. The number of aryl methyl sites for hydroxylation is 1. The minimum absolute atomic E-state index is 0.00203. The summed E-state index contributed by atoms with van der Waals surface area (Å²) in [4.78, 5) is 71.2. The van der Waals surface area contributed by atoms with E-state index in [2.05, 4.69) is 30.3 Å². The van der Waals surface area contributed by atoms with Crippen molar-refractivity contribution in [1.82, 2.24) is 35.2 Å². The van der Waals surface area contributed by atoms with E-state index in [0.717, 1.165) is 25.3 Å². The predicted octanol–water partition coefficient (Wildman–Crippen LogP) is 6.54. The van der Waals surface area contributed by atoms with Crippen molar-refractivity contribution >= 4 is 55.9 Å². The van der Waals surface area contributed by atoms with Gasteiger partial charge < -0.3 is 29.4 Å². The lowest BCUT2D eigenvalue weighted by molar-refractivity contribution is -0.141. The number of hydrogen-bond donors (Lipinski definition) is 3. The smallest absolute Gasteiger partial charge is 0.433 e. The minimum Gasteiger partial charge on any atom is -0.470 e. The average molecular weight is 922 g/mol. The molecular weight excluding hydrogens is 872 g/mol. The Balaban J connectivity index is 1.07. The van der Waals surface area contributed by atoms with E-state index in [9.17, 15) is 40.8 Å². The third kappa shape index (κ3) is 8.84. The van der Waals surface area contributed by atoms with Crippen LogP contribution in [0.25, 0.3) is 33.5 Å². The van der Waals surface area contributed by atoms with Crippen LogP contribution in [0.3, 0.4) is 0 Å². The third-order valence-corrected chi connectivity index (χ3v) is 15.6. The summed E-state index contributed by atoms with van der Waals surface area (Å²) in [5.41, 5.74) is -1.70. The third-order valence-electron chi connectivity index (χ3n) is 13.4. The van der Waals surface area contributed by atoms with Crippen LogP contribution in [0.4, 0.5) is 18.0 Å². The molecule has 1 aromatic carbocycles. The lowest BCUT2D eigenvalue weighted by Gasteiger charge is -2.30. The van der Waals surface area contributed by atoms with Gasteiger partial charge in [-0.1, -0.05) is 37.1 Å². The van der Waals surface area contributed by atoms with Gasteiger partial charge in [0.25, 0.3) is 11.8 Å². The molecule has 0 unspecified atom stereocenters. The highest BCUT2D eigenvalue weighted by Crippen LogP contribution is 2.48. The van der Waals surface area contributed by atoms with Gasteiger partial charge in [-0.25, -0.2) is 23.2 Å².